The van der Waals surface area contributed by atoms with Crippen LogP contribution in [-0.4, -0.2) is 21.4 Å². The number of carbonyl (C=O) groups is 1. The molecule has 0 aliphatic heterocycles. The van der Waals surface area contributed by atoms with E-state index in [0.717, 1.165) is 11.1 Å². The number of carbonyl (C=O) groups excluding carboxylic acids is 1. The van der Waals surface area contributed by atoms with Gasteiger partial charge in [-0.3, -0.25) is 9.10 Å². The lowest BCUT2D eigenvalue weighted by Crippen LogP contribution is -2.26. The first-order valence-corrected chi connectivity index (χ1v) is 10.3. The van der Waals surface area contributed by atoms with Crippen molar-refractivity contribution in [3.63, 3.8) is 0 Å². The second-order valence-corrected chi connectivity index (χ2v) is 8.56. The summed E-state index contributed by atoms with van der Waals surface area (Å²) in [5.74, 6) is -0.359. The van der Waals surface area contributed by atoms with Gasteiger partial charge in [-0.1, -0.05) is 30.3 Å². The summed E-state index contributed by atoms with van der Waals surface area (Å²) in [6.45, 7) is 3.97. The third-order valence-corrected chi connectivity index (χ3v) is 6.42. The van der Waals surface area contributed by atoms with E-state index in [1.807, 2.05) is 38.1 Å². The van der Waals surface area contributed by atoms with Crippen LogP contribution in [-0.2, 0) is 10.0 Å². The Morgan fingerprint density at radius 3 is 2.25 bits per heavy atom. The third kappa shape index (κ3) is 4.07. The Morgan fingerprint density at radius 2 is 1.57 bits per heavy atom. The molecule has 0 saturated heterocycles. The molecule has 6 heteroatoms. The Labute approximate surface area is 165 Å². The van der Waals surface area contributed by atoms with Crippen molar-refractivity contribution in [2.45, 2.75) is 18.7 Å². The fourth-order valence-corrected chi connectivity index (χ4v) is 4.00. The summed E-state index contributed by atoms with van der Waals surface area (Å²) in [4.78, 5) is 12.7. The number of benzene rings is 3. The molecule has 144 valence electrons. The molecule has 0 aliphatic rings. The Bertz CT molecular complexity index is 1110. The third-order valence-electron chi connectivity index (χ3n) is 4.64. The minimum atomic E-state index is -3.78. The highest BCUT2D eigenvalue weighted by Crippen LogP contribution is 2.23. The lowest BCUT2D eigenvalue weighted by molar-refractivity contribution is 0.102. The zero-order valence-corrected chi connectivity index (χ0v) is 16.8. The molecule has 28 heavy (non-hydrogen) atoms. The summed E-state index contributed by atoms with van der Waals surface area (Å²) in [5, 5.41) is 2.82. The van der Waals surface area contributed by atoms with E-state index in [4.69, 9.17) is 0 Å². The molecule has 0 spiro atoms. The Kier molecular flexibility index (Phi) is 5.51. The molecule has 0 radical (unpaired) electrons. The molecule has 0 saturated carbocycles. The summed E-state index contributed by atoms with van der Waals surface area (Å²) in [6, 6.07) is 20.5. The molecular formula is C22H22N2O3S. The molecule has 3 aromatic carbocycles. The van der Waals surface area contributed by atoms with Crippen LogP contribution in [0.25, 0.3) is 0 Å². The fraction of sp³-hybridized carbons (Fsp3) is 0.136. The molecule has 3 rings (SSSR count). The topological polar surface area (TPSA) is 66.5 Å². The Hall–Kier alpha value is -3.12. The molecule has 1 amide bonds. The van der Waals surface area contributed by atoms with Crippen molar-refractivity contribution < 1.29 is 13.2 Å². The van der Waals surface area contributed by atoms with Gasteiger partial charge in [-0.2, -0.15) is 0 Å². The minimum Gasteiger partial charge on any atom is -0.322 e. The van der Waals surface area contributed by atoms with Gasteiger partial charge in [-0.25, -0.2) is 8.42 Å². The summed E-state index contributed by atoms with van der Waals surface area (Å²) >= 11 is 0. The summed E-state index contributed by atoms with van der Waals surface area (Å²) in [7, 11) is -2.29. The standard InChI is InChI=1S/C22H22N2O3S/c1-16-12-13-19(14-17(16)2)23-22(25)18-8-7-11-21(15-18)28(26,27)24(3)20-9-5-4-6-10-20/h4-15H,1-3H3,(H,23,25). The highest BCUT2D eigenvalue weighted by molar-refractivity contribution is 7.92. The van der Waals surface area contributed by atoms with Crippen LogP contribution in [0.1, 0.15) is 21.5 Å². The average Bonchev–Trinajstić information content (AvgIpc) is 2.71. The monoisotopic (exact) mass is 394 g/mol. The average molecular weight is 394 g/mol. The number of hydrogen-bond acceptors (Lipinski definition) is 3. The van der Waals surface area contributed by atoms with Crippen LogP contribution < -0.4 is 9.62 Å². The molecule has 1 N–H and O–H groups in total. The summed E-state index contributed by atoms with van der Waals surface area (Å²) in [6.07, 6.45) is 0. The van der Waals surface area contributed by atoms with E-state index in [0.29, 0.717) is 11.4 Å². The van der Waals surface area contributed by atoms with E-state index >= 15 is 0 Å². The van der Waals surface area contributed by atoms with Gasteiger partial charge < -0.3 is 5.32 Å². The Balaban J connectivity index is 1.87. The van der Waals surface area contributed by atoms with Crippen LogP contribution in [0.2, 0.25) is 0 Å². The van der Waals surface area contributed by atoms with Crippen LogP contribution in [0, 0.1) is 13.8 Å². The van der Waals surface area contributed by atoms with Crippen LogP contribution in [0.3, 0.4) is 0 Å². The van der Waals surface area contributed by atoms with E-state index in [1.165, 1.54) is 23.5 Å². The van der Waals surface area contributed by atoms with Crippen molar-refractivity contribution in [1.29, 1.82) is 0 Å². The maximum Gasteiger partial charge on any atom is 0.264 e. The molecule has 0 aromatic heterocycles. The molecule has 5 nitrogen and oxygen atoms in total. The van der Waals surface area contributed by atoms with Crippen molar-refractivity contribution in [3.05, 3.63) is 89.5 Å². The van der Waals surface area contributed by atoms with Crippen LogP contribution in [0.4, 0.5) is 11.4 Å². The van der Waals surface area contributed by atoms with Crippen LogP contribution in [0.15, 0.2) is 77.7 Å². The van der Waals surface area contributed by atoms with Crippen molar-refractivity contribution in [2.75, 3.05) is 16.7 Å². The normalized spacial score (nSPS) is 11.1. The van der Waals surface area contributed by atoms with Gasteiger partial charge in [0.1, 0.15) is 0 Å². The highest BCUT2D eigenvalue weighted by atomic mass is 32.2. The summed E-state index contributed by atoms with van der Waals surface area (Å²) < 4.78 is 27.1. The first-order chi connectivity index (χ1) is 13.3. The maximum absolute atomic E-state index is 12.9. The second kappa shape index (κ2) is 7.86. The largest absolute Gasteiger partial charge is 0.322 e. The Morgan fingerprint density at radius 1 is 0.857 bits per heavy atom. The number of sulfonamides is 1. The minimum absolute atomic E-state index is 0.0617. The van der Waals surface area contributed by atoms with Crippen molar-refractivity contribution in [3.8, 4) is 0 Å². The van der Waals surface area contributed by atoms with Gasteiger partial charge in [0, 0.05) is 18.3 Å². The molecule has 0 bridgehead atoms. The van der Waals surface area contributed by atoms with Crippen LogP contribution in [0.5, 0.6) is 0 Å². The second-order valence-electron chi connectivity index (χ2n) is 6.59. The maximum atomic E-state index is 12.9. The number of nitrogens with one attached hydrogen (secondary N) is 1. The first-order valence-electron chi connectivity index (χ1n) is 8.82. The summed E-state index contributed by atoms with van der Waals surface area (Å²) in [5.41, 5.74) is 3.70. The first kappa shape index (κ1) is 19.6. The number of hydrogen-bond donors (Lipinski definition) is 1. The van der Waals surface area contributed by atoms with Gasteiger partial charge >= 0.3 is 0 Å². The number of para-hydroxylation sites is 1. The van der Waals surface area contributed by atoms with E-state index in [-0.39, 0.29) is 16.4 Å². The predicted octanol–water partition coefficient (Wildman–Crippen LogP) is 4.38. The SMILES string of the molecule is Cc1ccc(NC(=O)c2cccc(S(=O)(=O)N(C)c3ccccc3)c2)cc1C. The lowest BCUT2D eigenvalue weighted by Gasteiger charge is -2.19. The number of anilines is 2. The van der Waals surface area contributed by atoms with Crippen molar-refractivity contribution >= 4 is 27.3 Å². The number of nitrogens with zero attached hydrogens (tertiary/aromatic N) is 1. The molecule has 0 aliphatic carbocycles. The van der Waals surface area contributed by atoms with E-state index in [9.17, 15) is 13.2 Å². The lowest BCUT2D eigenvalue weighted by atomic mass is 10.1. The van der Waals surface area contributed by atoms with E-state index < -0.39 is 10.0 Å². The van der Waals surface area contributed by atoms with Gasteiger partial charge in [0.2, 0.25) is 0 Å². The van der Waals surface area contributed by atoms with Gasteiger partial charge in [0.05, 0.1) is 10.6 Å². The fourth-order valence-electron chi connectivity index (χ4n) is 2.76. The van der Waals surface area contributed by atoms with E-state index in [1.54, 1.807) is 36.4 Å². The van der Waals surface area contributed by atoms with Gasteiger partial charge in [0.25, 0.3) is 15.9 Å². The molecule has 0 heterocycles. The molecular weight excluding hydrogens is 372 g/mol. The van der Waals surface area contributed by atoms with E-state index in [2.05, 4.69) is 5.32 Å². The molecule has 0 fully saturated rings. The smallest absolute Gasteiger partial charge is 0.264 e. The van der Waals surface area contributed by atoms with Crippen molar-refractivity contribution in [2.24, 2.45) is 0 Å². The zero-order valence-electron chi connectivity index (χ0n) is 16.0. The van der Waals surface area contributed by atoms with Gasteiger partial charge in [0.15, 0.2) is 0 Å². The molecule has 3 aromatic rings. The number of aryl methyl sites for hydroxylation is 2. The highest BCUT2D eigenvalue weighted by Gasteiger charge is 2.22. The zero-order chi connectivity index (χ0) is 20.3. The predicted molar refractivity (Wildman–Crippen MR) is 112 cm³/mol. The van der Waals surface area contributed by atoms with Crippen molar-refractivity contribution in [1.82, 2.24) is 0 Å². The molecule has 0 atom stereocenters. The van der Waals surface area contributed by atoms with Crippen LogP contribution >= 0.6 is 0 Å². The molecule has 0 unspecified atom stereocenters. The van der Waals surface area contributed by atoms with Gasteiger partial charge in [-0.15, -0.1) is 0 Å². The quantitative estimate of drug-likeness (QED) is 0.698. The van der Waals surface area contributed by atoms with Gasteiger partial charge in [-0.05, 0) is 67.4 Å². The number of rotatable bonds is 5. The number of amides is 1.